The Morgan fingerprint density at radius 3 is 2.60 bits per heavy atom. The van der Waals surface area contributed by atoms with E-state index in [1.165, 1.54) is 37.1 Å². The van der Waals surface area contributed by atoms with Gasteiger partial charge in [0.25, 0.3) is 0 Å². The highest BCUT2D eigenvalue weighted by atomic mass is 15.3. The molecule has 3 rings (SSSR count). The molecule has 0 spiro atoms. The molecule has 0 radical (unpaired) electrons. The van der Waals surface area contributed by atoms with Crippen molar-refractivity contribution >= 4 is 11.4 Å². The second-order valence-corrected chi connectivity index (χ2v) is 6.34. The average Bonchev–Trinajstić information content (AvgIpc) is 2.99. The van der Waals surface area contributed by atoms with Crippen molar-refractivity contribution in [1.29, 1.82) is 0 Å². The Balaban J connectivity index is 1.65. The molecule has 1 aromatic rings. The van der Waals surface area contributed by atoms with E-state index in [1.54, 1.807) is 0 Å². The SMILES string of the molecule is CC(CNC1CCCC1)N1CCN(C)c2ccccc21. The number of hydrogen-bond acceptors (Lipinski definition) is 3. The summed E-state index contributed by atoms with van der Waals surface area (Å²) in [4.78, 5) is 4.93. The maximum atomic E-state index is 3.77. The van der Waals surface area contributed by atoms with Gasteiger partial charge in [-0.3, -0.25) is 0 Å². The Hall–Kier alpha value is -1.22. The van der Waals surface area contributed by atoms with Crippen molar-refractivity contribution in [3.63, 3.8) is 0 Å². The summed E-state index contributed by atoms with van der Waals surface area (Å²) in [6.07, 6.45) is 5.55. The number of nitrogens with zero attached hydrogens (tertiary/aromatic N) is 2. The second kappa shape index (κ2) is 6.04. The molecule has 0 bridgehead atoms. The molecule has 1 saturated carbocycles. The maximum absolute atomic E-state index is 3.77. The summed E-state index contributed by atoms with van der Waals surface area (Å²) >= 11 is 0. The lowest BCUT2D eigenvalue weighted by Crippen LogP contribution is -2.48. The normalized spacial score (nSPS) is 21.1. The molecular weight excluding hydrogens is 246 g/mol. The molecule has 20 heavy (non-hydrogen) atoms. The van der Waals surface area contributed by atoms with Crippen molar-refractivity contribution in [1.82, 2.24) is 5.32 Å². The molecule has 0 saturated heterocycles. The van der Waals surface area contributed by atoms with Crippen molar-refractivity contribution in [2.24, 2.45) is 0 Å². The molecule has 0 aromatic heterocycles. The number of likely N-dealkylation sites (N-methyl/N-ethyl adjacent to an activating group) is 1. The van der Waals surface area contributed by atoms with Crippen LogP contribution in [0.4, 0.5) is 11.4 Å². The fraction of sp³-hybridized carbons (Fsp3) is 0.647. The Kier molecular flexibility index (Phi) is 4.16. The molecule has 1 aromatic carbocycles. The van der Waals surface area contributed by atoms with Crippen LogP contribution in [-0.4, -0.2) is 38.8 Å². The minimum atomic E-state index is 0.561. The van der Waals surface area contributed by atoms with Gasteiger partial charge in [0.05, 0.1) is 11.4 Å². The summed E-state index contributed by atoms with van der Waals surface area (Å²) < 4.78 is 0. The minimum absolute atomic E-state index is 0.561. The van der Waals surface area contributed by atoms with Gasteiger partial charge in [-0.2, -0.15) is 0 Å². The van der Waals surface area contributed by atoms with Crippen molar-refractivity contribution in [2.45, 2.75) is 44.7 Å². The number of rotatable bonds is 4. The zero-order chi connectivity index (χ0) is 13.9. The number of nitrogens with one attached hydrogen (secondary N) is 1. The molecule has 2 aliphatic rings. The van der Waals surface area contributed by atoms with E-state index in [-0.39, 0.29) is 0 Å². The van der Waals surface area contributed by atoms with Crippen LogP contribution in [0.15, 0.2) is 24.3 Å². The van der Waals surface area contributed by atoms with Gasteiger partial charge in [-0.05, 0) is 31.9 Å². The Bertz CT molecular complexity index is 440. The van der Waals surface area contributed by atoms with Crippen LogP contribution in [0.25, 0.3) is 0 Å². The van der Waals surface area contributed by atoms with Crippen LogP contribution in [0.3, 0.4) is 0 Å². The molecule has 1 fully saturated rings. The summed E-state index contributed by atoms with van der Waals surface area (Å²) in [6, 6.07) is 10.1. The topological polar surface area (TPSA) is 18.5 Å². The van der Waals surface area contributed by atoms with E-state index in [0.717, 1.165) is 25.7 Å². The highest BCUT2D eigenvalue weighted by Gasteiger charge is 2.24. The van der Waals surface area contributed by atoms with E-state index < -0.39 is 0 Å². The summed E-state index contributed by atoms with van der Waals surface area (Å²) in [6.45, 7) is 5.69. The molecule has 1 aliphatic heterocycles. The van der Waals surface area contributed by atoms with Crippen LogP contribution < -0.4 is 15.1 Å². The summed E-state index contributed by atoms with van der Waals surface area (Å²) in [5.41, 5.74) is 2.76. The molecule has 1 atom stereocenters. The van der Waals surface area contributed by atoms with Gasteiger partial charge in [-0.25, -0.2) is 0 Å². The zero-order valence-corrected chi connectivity index (χ0v) is 12.8. The third-order valence-electron chi connectivity index (χ3n) is 4.87. The Morgan fingerprint density at radius 2 is 1.85 bits per heavy atom. The van der Waals surface area contributed by atoms with Crippen molar-refractivity contribution in [3.8, 4) is 0 Å². The molecule has 0 amide bonds. The first kappa shape index (κ1) is 13.7. The predicted octanol–water partition coefficient (Wildman–Crippen LogP) is 2.86. The van der Waals surface area contributed by atoms with E-state index in [1.807, 2.05) is 0 Å². The molecule has 1 aliphatic carbocycles. The molecular formula is C17H27N3. The standard InChI is InChI=1S/C17H27N3/c1-14(13-18-15-7-3-4-8-15)20-12-11-19(2)16-9-5-6-10-17(16)20/h5-6,9-10,14-15,18H,3-4,7-8,11-13H2,1-2H3. The summed E-state index contributed by atoms with van der Waals surface area (Å²) in [5, 5.41) is 3.77. The lowest BCUT2D eigenvalue weighted by molar-refractivity contribution is 0.479. The van der Waals surface area contributed by atoms with Gasteiger partial charge in [-0.1, -0.05) is 25.0 Å². The Labute approximate surface area is 123 Å². The molecule has 1 heterocycles. The van der Waals surface area contributed by atoms with E-state index in [4.69, 9.17) is 0 Å². The van der Waals surface area contributed by atoms with Crippen molar-refractivity contribution < 1.29 is 0 Å². The van der Waals surface area contributed by atoms with E-state index in [2.05, 4.69) is 53.4 Å². The Morgan fingerprint density at radius 1 is 1.15 bits per heavy atom. The largest absolute Gasteiger partial charge is 0.371 e. The number of anilines is 2. The van der Waals surface area contributed by atoms with Crippen LogP contribution in [0.1, 0.15) is 32.6 Å². The van der Waals surface area contributed by atoms with Gasteiger partial charge >= 0.3 is 0 Å². The van der Waals surface area contributed by atoms with Crippen LogP contribution in [0.5, 0.6) is 0 Å². The van der Waals surface area contributed by atoms with Crippen LogP contribution >= 0.6 is 0 Å². The van der Waals surface area contributed by atoms with Gasteiger partial charge in [0.15, 0.2) is 0 Å². The lowest BCUT2D eigenvalue weighted by atomic mass is 10.1. The van der Waals surface area contributed by atoms with Crippen LogP contribution in [0, 0.1) is 0 Å². The summed E-state index contributed by atoms with van der Waals surface area (Å²) in [5.74, 6) is 0. The first-order chi connectivity index (χ1) is 9.75. The highest BCUT2D eigenvalue weighted by molar-refractivity contribution is 5.73. The highest BCUT2D eigenvalue weighted by Crippen LogP contribution is 2.32. The maximum Gasteiger partial charge on any atom is 0.0607 e. The average molecular weight is 273 g/mol. The quantitative estimate of drug-likeness (QED) is 0.910. The monoisotopic (exact) mass is 273 g/mol. The minimum Gasteiger partial charge on any atom is -0.371 e. The molecule has 1 unspecified atom stereocenters. The van der Waals surface area contributed by atoms with Crippen LogP contribution in [-0.2, 0) is 0 Å². The fourth-order valence-corrected chi connectivity index (χ4v) is 3.56. The zero-order valence-electron chi connectivity index (χ0n) is 12.8. The second-order valence-electron chi connectivity index (χ2n) is 6.34. The molecule has 1 N–H and O–H groups in total. The molecule has 110 valence electrons. The van der Waals surface area contributed by atoms with E-state index in [9.17, 15) is 0 Å². The van der Waals surface area contributed by atoms with Crippen LogP contribution in [0.2, 0.25) is 0 Å². The molecule has 3 heteroatoms. The third-order valence-corrected chi connectivity index (χ3v) is 4.87. The first-order valence-electron chi connectivity index (χ1n) is 8.06. The van der Waals surface area contributed by atoms with Gasteiger partial charge in [0, 0.05) is 38.8 Å². The predicted molar refractivity (Wildman–Crippen MR) is 86.8 cm³/mol. The molecule has 3 nitrogen and oxygen atoms in total. The lowest BCUT2D eigenvalue weighted by Gasteiger charge is -2.40. The number of benzene rings is 1. The van der Waals surface area contributed by atoms with Gasteiger partial charge in [0.1, 0.15) is 0 Å². The number of para-hydroxylation sites is 2. The number of fused-ring (bicyclic) bond motifs is 1. The van der Waals surface area contributed by atoms with Gasteiger partial charge in [-0.15, -0.1) is 0 Å². The number of hydrogen-bond donors (Lipinski definition) is 1. The van der Waals surface area contributed by atoms with Crippen molar-refractivity contribution in [3.05, 3.63) is 24.3 Å². The summed E-state index contributed by atoms with van der Waals surface area (Å²) in [7, 11) is 2.19. The van der Waals surface area contributed by atoms with Gasteiger partial charge in [0.2, 0.25) is 0 Å². The third kappa shape index (κ3) is 2.78. The van der Waals surface area contributed by atoms with Crippen molar-refractivity contribution in [2.75, 3.05) is 36.5 Å². The fourth-order valence-electron chi connectivity index (χ4n) is 3.56. The first-order valence-corrected chi connectivity index (χ1v) is 8.06. The van der Waals surface area contributed by atoms with Gasteiger partial charge < -0.3 is 15.1 Å². The van der Waals surface area contributed by atoms with E-state index in [0.29, 0.717) is 6.04 Å². The van der Waals surface area contributed by atoms with E-state index >= 15 is 0 Å². The smallest absolute Gasteiger partial charge is 0.0607 e.